The predicted octanol–water partition coefficient (Wildman–Crippen LogP) is 6.27. The Hall–Kier alpha value is 0.00870. The number of rotatable bonds is 13. The Kier molecular flexibility index (Phi) is 13.5. The Morgan fingerprint density at radius 3 is 1.82 bits per heavy atom. The van der Waals surface area contributed by atoms with E-state index in [0.717, 1.165) is 6.42 Å². The van der Waals surface area contributed by atoms with Gasteiger partial charge in [0.15, 0.2) is 0 Å². The van der Waals surface area contributed by atoms with E-state index < -0.39 is 18.4 Å². The summed E-state index contributed by atoms with van der Waals surface area (Å²) < 4.78 is 12.4. The van der Waals surface area contributed by atoms with Gasteiger partial charge in [0.2, 0.25) is 0 Å². The maximum atomic E-state index is 11.0. The van der Waals surface area contributed by atoms with Crippen molar-refractivity contribution in [3.8, 4) is 0 Å². The first-order valence-electron chi connectivity index (χ1n) is 9.34. The number of carbonyl (C=O) groups is 1. The third-order valence-electron chi connectivity index (χ3n) is 4.39. The number of unbranched alkanes of at least 4 members (excludes halogenated alkanes) is 3. The zero-order chi connectivity index (χ0) is 16.8. The van der Waals surface area contributed by atoms with E-state index in [4.69, 9.17) is 4.74 Å². The van der Waals surface area contributed by atoms with Gasteiger partial charge in [-0.05, 0) is 0 Å². The molecule has 0 aliphatic carbocycles. The molecule has 0 N–H and O–H groups in total. The molecular weight excluding hydrogens is 379 g/mol. The van der Waals surface area contributed by atoms with Crippen LogP contribution in [0.25, 0.3) is 0 Å². The molecule has 2 nitrogen and oxygen atoms in total. The molecular formula is C19H38O2Sn. The minimum atomic E-state index is -2.13. The summed E-state index contributed by atoms with van der Waals surface area (Å²) in [4.78, 5) is 11.0. The van der Waals surface area contributed by atoms with Crippen LogP contribution in [0.1, 0.15) is 79.6 Å². The van der Waals surface area contributed by atoms with Crippen LogP contribution in [-0.2, 0) is 9.53 Å². The van der Waals surface area contributed by atoms with E-state index >= 15 is 0 Å². The minimum absolute atomic E-state index is 0.0151. The first-order valence-corrected chi connectivity index (χ1v) is 17.0. The molecule has 0 aromatic heterocycles. The van der Waals surface area contributed by atoms with Crippen molar-refractivity contribution in [2.24, 2.45) is 0 Å². The van der Waals surface area contributed by atoms with Gasteiger partial charge in [0.25, 0.3) is 0 Å². The van der Waals surface area contributed by atoms with Crippen LogP contribution in [-0.4, -0.2) is 30.5 Å². The summed E-state index contributed by atoms with van der Waals surface area (Å²) in [6, 6.07) is 0. The second-order valence-electron chi connectivity index (χ2n) is 6.73. The summed E-state index contributed by atoms with van der Waals surface area (Å²) in [6.45, 7) is 10.4. The third-order valence-corrected chi connectivity index (χ3v) is 18.6. The van der Waals surface area contributed by atoms with E-state index in [1.807, 2.05) is 6.92 Å². The molecule has 0 rings (SSSR count). The van der Waals surface area contributed by atoms with Crippen LogP contribution < -0.4 is 0 Å². The average molecular weight is 417 g/mol. The molecule has 0 amide bonds. The molecule has 0 aromatic rings. The molecule has 0 spiro atoms. The van der Waals surface area contributed by atoms with Crippen molar-refractivity contribution in [2.75, 3.05) is 0 Å². The number of carbonyl (C=O) groups excluding carboxylic acids is 1. The molecule has 0 saturated carbocycles. The van der Waals surface area contributed by atoms with Crippen molar-refractivity contribution in [1.29, 1.82) is 0 Å². The van der Waals surface area contributed by atoms with E-state index in [2.05, 4.69) is 30.9 Å². The summed E-state index contributed by atoms with van der Waals surface area (Å²) in [7, 11) is 0. The molecule has 3 heteroatoms. The summed E-state index contributed by atoms with van der Waals surface area (Å²) >= 11 is -2.13. The van der Waals surface area contributed by atoms with Crippen LogP contribution in [0.2, 0.25) is 13.3 Å². The molecule has 22 heavy (non-hydrogen) atoms. The van der Waals surface area contributed by atoms with Gasteiger partial charge in [0.05, 0.1) is 0 Å². The van der Waals surface area contributed by atoms with Crippen molar-refractivity contribution in [3.63, 3.8) is 0 Å². The Morgan fingerprint density at radius 2 is 1.45 bits per heavy atom. The summed E-state index contributed by atoms with van der Waals surface area (Å²) in [6.07, 6.45) is 11.4. The van der Waals surface area contributed by atoms with Crippen LogP contribution in [0.4, 0.5) is 0 Å². The zero-order valence-electron chi connectivity index (χ0n) is 15.6. The van der Waals surface area contributed by atoms with Crippen LogP contribution in [0.3, 0.4) is 0 Å². The van der Waals surface area contributed by atoms with Crippen molar-refractivity contribution in [3.05, 3.63) is 10.2 Å². The van der Waals surface area contributed by atoms with Gasteiger partial charge in [-0.2, -0.15) is 0 Å². The van der Waals surface area contributed by atoms with Crippen molar-refractivity contribution in [2.45, 2.75) is 99.0 Å². The molecule has 1 atom stereocenters. The Bertz CT molecular complexity index is 291. The van der Waals surface area contributed by atoms with E-state index in [-0.39, 0.29) is 12.1 Å². The molecule has 0 aliphatic heterocycles. The molecule has 0 aromatic carbocycles. The Balaban J connectivity index is 4.78. The van der Waals surface area contributed by atoms with E-state index in [0.29, 0.717) is 0 Å². The summed E-state index contributed by atoms with van der Waals surface area (Å²) in [5.41, 5.74) is 0. The summed E-state index contributed by atoms with van der Waals surface area (Å²) in [5.74, 6) is -0.168. The second kappa shape index (κ2) is 13.4. The second-order valence-corrected chi connectivity index (χ2v) is 19.7. The molecule has 0 heterocycles. The first kappa shape index (κ1) is 22.0. The van der Waals surface area contributed by atoms with Gasteiger partial charge in [-0.15, -0.1) is 0 Å². The quantitative estimate of drug-likeness (QED) is 0.261. The third kappa shape index (κ3) is 10.7. The molecule has 0 unspecified atom stereocenters. The van der Waals surface area contributed by atoms with Gasteiger partial charge in [-0.1, -0.05) is 0 Å². The number of esters is 1. The van der Waals surface area contributed by atoms with Crippen LogP contribution in [0, 0.1) is 0 Å². The summed E-state index contributed by atoms with van der Waals surface area (Å²) in [5, 5.41) is 0. The van der Waals surface area contributed by atoms with Crippen LogP contribution in [0.5, 0.6) is 0 Å². The van der Waals surface area contributed by atoms with Gasteiger partial charge in [-0.3, -0.25) is 0 Å². The van der Waals surface area contributed by atoms with E-state index in [1.165, 1.54) is 58.8 Å². The maximum absolute atomic E-state index is 11.0. The van der Waals surface area contributed by atoms with Crippen molar-refractivity contribution < 1.29 is 9.53 Å². The van der Waals surface area contributed by atoms with Crippen LogP contribution in [0.15, 0.2) is 10.2 Å². The van der Waals surface area contributed by atoms with Gasteiger partial charge in [-0.25, -0.2) is 0 Å². The average Bonchev–Trinajstić information content (AvgIpc) is 2.47. The van der Waals surface area contributed by atoms with E-state index in [1.54, 1.807) is 0 Å². The Morgan fingerprint density at radius 1 is 1.00 bits per heavy atom. The molecule has 0 aliphatic rings. The van der Waals surface area contributed by atoms with Gasteiger partial charge >= 0.3 is 143 Å². The van der Waals surface area contributed by atoms with Gasteiger partial charge in [0.1, 0.15) is 0 Å². The topological polar surface area (TPSA) is 26.3 Å². The van der Waals surface area contributed by atoms with Crippen molar-refractivity contribution in [1.82, 2.24) is 0 Å². The number of ether oxygens (including phenoxy) is 1. The normalized spacial score (nSPS) is 13.5. The van der Waals surface area contributed by atoms with Crippen LogP contribution >= 0.6 is 0 Å². The Labute approximate surface area is 143 Å². The first-order chi connectivity index (χ1) is 10.5. The fraction of sp³-hybridized carbons (Fsp3) is 0.842. The number of hydrogen-bond donors (Lipinski definition) is 0. The standard InChI is InChI=1S/C7H11O2.3C4H9.Sn/c1-4-5-6(2)9-7(3)8;3*1-3-4-2;/h1,4,6H,5H2,2-3H3;3*1,3-4H2,2H3;/t6-;;;;/m1..../s1. The SMILES string of the molecule is CCC[CH2][Sn](/[CH]=C/C[C@@H](C)OC(C)=O)([CH2]CCC)[CH2]CCC. The molecule has 0 radical (unpaired) electrons. The predicted molar refractivity (Wildman–Crippen MR) is 99.9 cm³/mol. The van der Waals surface area contributed by atoms with Crippen molar-refractivity contribution >= 4 is 24.3 Å². The number of hydrogen-bond acceptors (Lipinski definition) is 2. The molecule has 130 valence electrons. The van der Waals surface area contributed by atoms with Gasteiger partial charge in [0, 0.05) is 0 Å². The monoisotopic (exact) mass is 418 g/mol. The zero-order valence-corrected chi connectivity index (χ0v) is 18.5. The molecule has 0 fully saturated rings. The fourth-order valence-electron chi connectivity index (χ4n) is 3.05. The molecule has 0 bridgehead atoms. The molecule has 0 saturated heterocycles. The fourth-order valence-corrected chi connectivity index (χ4v) is 17.5. The van der Waals surface area contributed by atoms with E-state index in [9.17, 15) is 4.79 Å². The van der Waals surface area contributed by atoms with Gasteiger partial charge < -0.3 is 0 Å².